The van der Waals surface area contributed by atoms with Crippen LogP contribution in [-0.4, -0.2) is 11.0 Å². The zero-order chi connectivity index (χ0) is 9.26. The molecule has 1 aromatic heterocycles. The Bertz CT molecular complexity index is 278. The van der Waals surface area contributed by atoms with Crippen molar-refractivity contribution in [3.63, 3.8) is 0 Å². The van der Waals surface area contributed by atoms with Crippen LogP contribution in [0.3, 0.4) is 0 Å². The number of hydrogen-bond donors (Lipinski definition) is 1. The number of rotatable bonds is 4. The van der Waals surface area contributed by atoms with Crippen molar-refractivity contribution in [3.8, 4) is 0 Å². The molecule has 1 aromatic rings. The fourth-order valence-corrected chi connectivity index (χ4v) is 2.38. The predicted molar refractivity (Wildman–Crippen MR) is 57.3 cm³/mol. The Balaban J connectivity index is 1.95. The molecule has 2 rings (SSSR count). The summed E-state index contributed by atoms with van der Waals surface area (Å²) in [7, 11) is 0. The normalized spacial score (nSPS) is 18.6. The van der Waals surface area contributed by atoms with Crippen molar-refractivity contribution in [2.24, 2.45) is 5.92 Å². The second-order valence-corrected chi connectivity index (χ2v) is 4.65. The number of thiazole rings is 1. The highest BCUT2D eigenvalue weighted by molar-refractivity contribution is 7.13. The topological polar surface area (TPSA) is 24.9 Å². The molecule has 0 spiro atoms. The van der Waals surface area contributed by atoms with Gasteiger partial charge in [0.05, 0.1) is 5.69 Å². The van der Waals surface area contributed by atoms with Gasteiger partial charge in [-0.15, -0.1) is 11.3 Å². The zero-order valence-electron chi connectivity index (χ0n) is 8.21. The minimum absolute atomic E-state index is 0.658. The monoisotopic (exact) mass is 196 g/mol. The third kappa shape index (κ3) is 2.21. The van der Waals surface area contributed by atoms with Crippen molar-refractivity contribution in [1.29, 1.82) is 0 Å². The molecule has 1 heterocycles. The summed E-state index contributed by atoms with van der Waals surface area (Å²) in [6.45, 7) is 4.29. The lowest BCUT2D eigenvalue weighted by atomic mass is 10.1. The third-order valence-electron chi connectivity index (χ3n) is 2.56. The van der Waals surface area contributed by atoms with Crippen LogP contribution in [0.4, 0.5) is 5.13 Å². The van der Waals surface area contributed by atoms with E-state index in [-0.39, 0.29) is 0 Å². The van der Waals surface area contributed by atoms with Crippen molar-refractivity contribution in [2.45, 2.75) is 39.2 Å². The Morgan fingerprint density at radius 3 is 2.92 bits per heavy atom. The molecule has 1 atom stereocenters. The van der Waals surface area contributed by atoms with Crippen molar-refractivity contribution in [3.05, 3.63) is 11.1 Å². The molecular weight excluding hydrogens is 180 g/mol. The molecule has 1 N–H and O–H groups in total. The second kappa shape index (κ2) is 3.66. The Kier molecular flexibility index (Phi) is 2.54. The van der Waals surface area contributed by atoms with Gasteiger partial charge in [0.25, 0.3) is 0 Å². The van der Waals surface area contributed by atoms with Gasteiger partial charge in [0.1, 0.15) is 0 Å². The maximum absolute atomic E-state index is 4.42. The van der Waals surface area contributed by atoms with E-state index in [9.17, 15) is 0 Å². The molecule has 0 aliphatic heterocycles. The largest absolute Gasteiger partial charge is 0.359 e. The van der Waals surface area contributed by atoms with Gasteiger partial charge in [-0.25, -0.2) is 4.98 Å². The van der Waals surface area contributed by atoms with Crippen molar-refractivity contribution >= 4 is 16.5 Å². The summed E-state index contributed by atoms with van der Waals surface area (Å²) in [5.74, 6) is 0.911. The number of aromatic nitrogens is 1. The molecule has 1 aliphatic carbocycles. The SMILES string of the molecule is CCC(Nc1nc(C)cs1)C1CC1. The average molecular weight is 196 g/mol. The molecule has 1 unspecified atom stereocenters. The molecule has 0 amide bonds. The van der Waals surface area contributed by atoms with Crippen LogP contribution < -0.4 is 5.32 Å². The van der Waals surface area contributed by atoms with Gasteiger partial charge in [0, 0.05) is 11.4 Å². The lowest BCUT2D eigenvalue weighted by molar-refractivity contribution is 0.616. The smallest absolute Gasteiger partial charge is 0.183 e. The molecule has 0 aromatic carbocycles. The Hall–Kier alpha value is -0.570. The van der Waals surface area contributed by atoms with Crippen LogP contribution in [0, 0.1) is 12.8 Å². The van der Waals surface area contributed by atoms with Gasteiger partial charge >= 0.3 is 0 Å². The summed E-state index contributed by atoms with van der Waals surface area (Å²) >= 11 is 1.72. The summed E-state index contributed by atoms with van der Waals surface area (Å²) in [6, 6.07) is 0.658. The first-order chi connectivity index (χ1) is 6.29. The van der Waals surface area contributed by atoms with Gasteiger partial charge in [-0.2, -0.15) is 0 Å². The minimum atomic E-state index is 0.658. The number of nitrogens with one attached hydrogen (secondary N) is 1. The van der Waals surface area contributed by atoms with E-state index >= 15 is 0 Å². The Morgan fingerprint density at radius 1 is 1.69 bits per heavy atom. The van der Waals surface area contributed by atoms with Gasteiger partial charge in [0.15, 0.2) is 5.13 Å². The summed E-state index contributed by atoms with van der Waals surface area (Å²) < 4.78 is 0. The Labute approximate surface area is 83.4 Å². The van der Waals surface area contributed by atoms with Crippen molar-refractivity contribution < 1.29 is 0 Å². The standard InChI is InChI=1S/C10H16N2S/c1-3-9(8-4-5-8)12-10-11-7(2)6-13-10/h6,8-9H,3-5H2,1-2H3,(H,11,12). The van der Waals surface area contributed by atoms with Gasteiger partial charge in [-0.3, -0.25) is 0 Å². The van der Waals surface area contributed by atoms with E-state index in [2.05, 4.69) is 22.6 Å². The molecule has 1 fully saturated rings. The quantitative estimate of drug-likeness (QED) is 0.800. The van der Waals surface area contributed by atoms with Crippen LogP contribution in [0.25, 0.3) is 0 Å². The van der Waals surface area contributed by atoms with Gasteiger partial charge in [-0.05, 0) is 32.1 Å². The van der Waals surface area contributed by atoms with Crippen molar-refractivity contribution in [1.82, 2.24) is 4.98 Å². The minimum Gasteiger partial charge on any atom is -0.359 e. The molecule has 1 aliphatic rings. The molecule has 3 heteroatoms. The highest BCUT2D eigenvalue weighted by Crippen LogP contribution is 2.35. The van der Waals surface area contributed by atoms with Gasteiger partial charge < -0.3 is 5.32 Å². The fraction of sp³-hybridized carbons (Fsp3) is 0.700. The van der Waals surface area contributed by atoms with Crippen LogP contribution in [0.1, 0.15) is 31.9 Å². The van der Waals surface area contributed by atoms with Crippen LogP contribution in [0.5, 0.6) is 0 Å². The van der Waals surface area contributed by atoms with E-state index in [4.69, 9.17) is 0 Å². The lowest BCUT2D eigenvalue weighted by Crippen LogP contribution is -2.20. The van der Waals surface area contributed by atoms with E-state index in [1.165, 1.54) is 19.3 Å². The van der Waals surface area contributed by atoms with E-state index in [1.54, 1.807) is 11.3 Å². The number of nitrogens with zero attached hydrogens (tertiary/aromatic N) is 1. The van der Waals surface area contributed by atoms with Crippen LogP contribution >= 0.6 is 11.3 Å². The molecule has 2 nitrogen and oxygen atoms in total. The maximum Gasteiger partial charge on any atom is 0.183 e. The lowest BCUT2D eigenvalue weighted by Gasteiger charge is -2.14. The summed E-state index contributed by atoms with van der Waals surface area (Å²) in [5, 5.41) is 6.71. The average Bonchev–Trinajstić information content (AvgIpc) is 2.87. The Morgan fingerprint density at radius 2 is 2.46 bits per heavy atom. The summed E-state index contributed by atoms with van der Waals surface area (Å²) in [5.41, 5.74) is 1.12. The first-order valence-electron chi connectivity index (χ1n) is 4.98. The fourth-order valence-electron chi connectivity index (χ4n) is 1.63. The van der Waals surface area contributed by atoms with Crippen molar-refractivity contribution in [2.75, 3.05) is 5.32 Å². The van der Waals surface area contributed by atoms with Crippen LogP contribution in [0.15, 0.2) is 5.38 Å². The third-order valence-corrected chi connectivity index (χ3v) is 3.45. The molecule has 1 saturated carbocycles. The molecule has 0 radical (unpaired) electrons. The maximum atomic E-state index is 4.42. The molecular formula is C10H16N2S. The zero-order valence-corrected chi connectivity index (χ0v) is 9.03. The second-order valence-electron chi connectivity index (χ2n) is 3.79. The van der Waals surface area contributed by atoms with E-state index < -0.39 is 0 Å². The first kappa shape index (κ1) is 9.00. The first-order valence-corrected chi connectivity index (χ1v) is 5.86. The van der Waals surface area contributed by atoms with E-state index in [1.807, 2.05) is 6.92 Å². The molecule has 0 bridgehead atoms. The highest BCUT2D eigenvalue weighted by atomic mass is 32.1. The van der Waals surface area contributed by atoms with Crippen LogP contribution in [0.2, 0.25) is 0 Å². The van der Waals surface area contributed by atoms with Gasteiger partial charge in [-0.1, -0.05) is 6.92 Å². The highest BCUT2D eigenvalue weighted by Gasteiger charge is 2.30. The molecule has 72 valence electrons. The number of aryl methyl sites for hydroxylation is 1. The van der Waals surface area contributed by atoms with Gasteiger partial charge in [0.2, 0.25) is 0 Å². The summed E-state index contributed by atoms with van der Waals surface area (Å²) in [6.07, 6.45) is 4.01. The van der Waals surface area contributed by atoms with E-state index in [0.29, 0.717) is 6.04 Å². The predicted octanol–water partition coefficient (Wildman–Crippen LogP) is 3.05. The summed E-state index contributed by atoms with van der Waals surface area (Å²) in [4.78, 5) is 4.42. The molecule has 13 heavy (non-hydrogen) atoms. The number of anilines is 1. The number of hydrogen-bond acceptors (Lipinski definition) is 3. The van der Waals surface area contributed by atoms with E-state index in [0.717, 1.165) is 16.7 Å². The molecule has 0 saturated heterocycles. The van der Waals surface area contributed by atoms with Crippen LogP contribution in [-0.2, 0) is 0 Å².